The van der Waals surface area contributed by atoms with Gasteiger partial charge in [0.1, 0.15) is 0 Å². The van der Waals surface area contributed by atoms with Crippen molar-refractivity contribution in [2.75, 3.05) is 18.0 Å². The number of benzene rings is 1. The highest BCUT2D eigenvalue weighted by Crippen LogP contribution is 2.43. The van der Waals surface area contributed by atoms with Crippen LogP contribution in [-0.2, 0) is 0 Å². The minimum Gasteiger partial charge on any atom is -0.477 e. The summed E-state index contributed by atoms with van der Waals surface area (Å²) in [5.41, 5.74) is 2.75. The molecule has 2 fully saturated rings. The van der Waals surface area contributed by atoms with E-state index in [2.05, 4.69) is 9.88 Å². The van der Waals surface area contributed by atoms with Gasteiger partial charge in [-0.15, -0.1) is 0 Å². The van der Waals surface area contributed by atoms with Crippen LogP contribution in [-0.4, -0.2) is 49.6 Å². The van der Waals surface area contributed by atoms with Crippen molar-refractivity contribution in [1.29, 1.82) is 0 Å². The number of hydrogen-bond acceptors (Lipinski definition) is 5. The first kappa shape index (κ1) is 20.9. The molecule has 0 atom stereocenters. The predicted octanol–water partition coefficient (Wildman–Crippen LogP) is 4.37. The maximum absolute atomic E-state index is 12.0. The lowest BCUT2D eigenvalue weighted by Crippen LogP contribution is -2.42. The summed E-state index contributed by atoms with van der Waals surface area (Å²) in [5, 5.41) is 26.2. The van der Waals surface area contributed by atoms with Gasteiger partial charge in [-0.1, -0.05) is 24.6 Å². The molecule has 2 N–H and O–H groups in total. The van der Waals surface area contributed by atoms with Gasteiger partial charge in [0, 0.05) is 19.0 Å². The fourth-order valence-electron chi connectivity index (χ4n) is 5.03. The Bertz CT molecular complexity index is 1140. The van der Waals surface area contributed by atoms with Crippen LogP contribution in [0.15, 0.2) is 36.4 Å². The standard InChI is InChI=1S/C25H30N4O3/c1-25(2,32)17-11-13-28(14-12-17)20-15-19(24(30)31)26-23-21(20)22(16-7-6-8-16)27-29(23)18-9-4-3-5-10-18/h3-5,9-10,15-17,32H,6-8,11-14H2,1-2H3,(H,30,31). The summed E-state index contributed by atoms with van der Waals surface area (Å²) in [4.78, 5) is 18.8. The molecule has 0 amide bonds. The first-order chi connectivity index (χ1) is 15.3. The molecule has 2 aromatic heterocycles. The lowest BCUT2D eigenvalue weighted by molar-refractivity contribution is 0.00653. The number of anilines is 1. The number of pyridine rings is 1. The lowest BCUT2D eigenvalue weighted by atomic mass is 9.81. The molecule has 3 aromatic rings. The number of rotatable bonds is 5. The molecule has 2 aliphatic rings. The molecule has 1 aliphatic heterocycles. The maximum Gasteiger partial charge on any atom is 0.354 e. The van der Waals surface area contributed by atoms with E-state index in [1.807, 2.05) is 48.9 Å². The maximum atomic E-state index is 12.0. The number of hydrogen-bond donors (Lipinski definition) is 2. The lowest BCUT2D eigenvalue weighted by Gasteiger charge is -2.39. The Labute approximate surface area is 187 Å². The van der Waals surface area contributed by atoms with Crippen molar-refractivity contribution in [2.24, 2.45) is 5.92 Å². The summed E-state index contributed by atoms with van der Waals surface area (Å²) in [6, 6.07) is 11.5. The van der Waals surface area contributed by atoms with Crippen LogP contribution in [0, 0.1) is 5.92 Å². The van der Waals surface area contributed by atoms with Crippen molar-refractivity contribution in [3.63, 3.8) is 0 Å². The highest BCUT2D eigenvalue weighted by molar-refractivity contribution is 5.98. The molecule has 3 heterocycles. The Morgan fingerprint density at radius 3 is 2.34 bits per heavy atom. The molecule has 1 aromatic carbocycles. The number of fused-ring (bicyclic) bond motifs is 1. The van der Waals surface area contributed by atoms with Crippen LogP contribution >= 0.6 is 0 Å². The quantitative estimate of drug-likeness (QED) is 0.619. The molecular formula is C25H30N4O3. The summed E-state index contributed by atoms with van der Waals surface area (Å²) < 4.78 is 1.81. The molecule has 7 heteroatoms. The van der Waals surface area contributed by atoms with Gasteiger partial charge in [-0.25, -0.2) is 14.5 Å². The van der Waals surface area contributed by atoms with Crippen LogP contribution in [0.25, 0.3) is 16.7 Å². The summed E-state index contributed by atoms with van der Waals surface area (Å²) >= 11 is 0. The average Bonchev–Trinajstić information content (AvgIpc) is 3.11. The van der Waals surface area contributed by atoms with Gasteiger partial charge in [0.05, 0.1) is 28.1 Å². The third-order valence-electron chi connectivity index (χ3n) is 7.19. The summed E-state index contributed by atoms with van der Waals surface area (Å²) in [6.07, 6.45) is 5.11. The van der Waals surface area contributed by atoms with Crippen molar-refractivity contribution >= 4 is 22.7 Å². The van der Waals surface area contributed by atoms with Crippen LogP contribution in [0.4, 0.5) is 5.69 Å². The summed E-state index contributed by atoms with van der Waals surface area (Å²) in [5.74, 6) is -0.425. The van der Waals surface area contributed by atoms with Crippen molar-refractivity contribution in [3.05, 3.63) is 47.8 Å². The Hall–Kier alpha value is -2.93. The second kappa shape index (κ2) is 7.89. The number of nitrogens with zero attached hydrogens (tertiary/aromatic N) is 4. The first-order valence-electron chi connectivity index (χ1n) is 11.5. The molecule has 1 saturated heterocycles. The van der Waals surface area contributed by atoms with E-state index in [-0.39, 0.29) is 11.6 Å². The van der Waals surface area contributed by atoms with Crippen LogP contribution in [0.5, 0.6) is 0 Å². The van der Waals surface area contributed by atoms with E-state index in [1.54, 1.807) is 6.07 Å². The van der Waals surface area contributed by atoms with Crippen LogP contribution in [0.1, 0.15) is 68.1 Å². The van der Waals surface area contributed by atoms with Gasteiger partial charge in [0.25, 0.3) is 0 Å². The molecule has 168 valence electrons. The number of carbonyl (C=O) groups is 1. The largest absolute Gasteiger partial charge is 0.477 e. The van der Waals surface area contributed by atoms with Gasteiger partial charge in [-0.2, -0.15) is 5.10 Å². The van der Waals surface area contributed by atoms with Gasteiger partial charge in [-0.05, 0) is 63.6 Å². The first-order valence-corrected chi connectivity index (χ1v) is 11.5. The number of aromatic carboxylic acids is 1. The molecule has 1 aliphatic carbocycles. The van der Waals surface area contributed by atoms with E-state index in [0.29, 0.717) is 11.6 Å². The van der Waals surface area contributed by atoms with Gasteiger partial charge in [-0.3, -0.25) is 0 Å². The smallest absolute Gasteiger partial charge is 0.354 e. The average molecular weight is 435 g/mol. The number of piperidine rings is 1. The van der Waals surface area contributed by atoms with E-state index in [0.717, 1.165) is 61.2 Å². The van der Waals surface area contributed by atoms with Crippen LogP contribution in [0.2, 0.25) is 0 Å². The Morgan fingerprint density at radius 2 is 1.78 bits per heavy atom. The topological polar surface area (TPSA) is 91.5 Å². The molecular weight excluding hydrogens is 404 g/mol. The molecule has 1 saturated carbocycles. The molecule has 7 nitrogen and oxygen atoms in total. The minimum atomic E-state index is -1.04. The SMILES string of the molecule is CC(C)(O)C1CCN(c2cc(C(=O)O)nc3c2c(C2CCC2)nn3-c2ccccc2)CC1. The summed E-state index contributed by atoms with van der Waals surface area (Å²) in [7, 11) is 0. The monoisotopic (exact) mass is 434 g/mol. The van der Waals surface area contributed by atoms with Gasteiger partial charge < -0.3 is 15.1 Å². The van der Waals surface area contributed by atoms with Gasteiger partial charge in [0.15, 0.2) is 11.3 Å². The van der Waals surface area contributed by atoms with Crippen molar-refractivity contribution in [2.45, 2.75) is 57.5 Å². The summed E-state index contributed by atoms with van der Waals surface area (Å²) in [6.45, 7) is 5.29. The molecule has 0 unspecified atom stereocenters. The highest BCUT2D eigenvalue weighted by Gasteiger charge is 2.34. The van der Waals surface area contributed by atoms with Gasteiger partial charge in [0.2, 0.25) is 0 Å². The molecule has 0 spiro atoms. The highest BCUT2D eigenvalue weighted by atomic mass is 16.4. The zero-order valence-electron chi connectivity index (χ0n) is 18.7. The van der Waals surface area contributed by atoms with Gasteiger partial charge >= 0.3 is 5.97 Å². The Balaban J connectivity index is 1.67. The number of aromatic nitrogens is 3. The third kappa shape index (κ3) is 3.64. The predicted molar refractivity (Wildman–Crippen MR) is 124 cm³/mol. The molecule has 0 bridgehead atoms. The third-order valence-corrected chi connectivity index (χ3v) is 7.19. The fraction of sp³-hybridized carbons (Fsp3) is 0.480. The molecule has 32 heavy (non-hydrogen) atoms. The van der Waals surface area contributed by atoms with Crippen molar-refractivity contribution in [3.8, 4) is 5.69 Å². The fourth-order valence-corrected chi connectivity index (χ4v) is 5.03. The van der Waals surface area contributed by atoms with E-state index >= 15 is 0 Å². The second-order valence-corrected chi connectivity index (χ2v) is 9.71. The number of aliphatic hydroxyl groups is 1. The van der Waals surface area contributed by atoms with E-state index in [1.165, 1.54) is 6.42 Å². The van der Waals surface area contributed by atoms with Crippen LogP contribution < -0.4 is 4.90 Å². The van der Waals surface area contributed by atoms with E-state index < -0.39 is 11.6 Å². The zero-order valence-corrected chi connectivity index (χ0v) is 18.7. The van der Waals surface area contributed by atoms with Crippen molar-refractivity contribution < 1.29 is 15.0 Å². The number of carboxylic acid groups (broad SMARTS) is 1. The van der Waals surface area contributed by atoms with E-state index in [9.17, 15) is 15.0 Å². The van der Waals surface area contributed by atoms with Crippen molar-refractivity contribution in [1.82, 2.24) is 14.8 Å². The Kier molecular flexibility index (Phi) is 5.16. The zero-order chi connectivity index (χ0) is 22.5. The van der Waals surface area contributed by atoms with Crippen LogP contribution in [0.3, 0.4) is 0 Å². The number of carboxylic acids is 1. The van der Waals surface area contributed by atoms with E-state index in [4.69, 9.17) is 5.10 Å². The molecule has 5 rings (SSSR count). The molecule has 0 radical (unpaired) electrons. The second-order valence-electron chi connectivity index (χ2n) is 9.71. The normalized spacial score (nSPS) is 18.2. The Morgan fingerprint density at radius 1 is 1.09 bits per heavy atom. The minimum absolute atomic E-state index is 0.0364. The number of para-hydroxylation sites is 1.